The molecule has 1 heterocycles. The highest BCUT2D eigenvalue weighted by atomic mass is 32.2. The van der Waals surface area contributed by atoms with Gasteiger partial charge < -0.3 is 5.32 Å². The van der Waals surface area contributed by atoms with E-state index in [4.69, 9.17) is 0 Å². The summed E-state index contributed by atoms with van der Waals surface area (Å²) in [5.74, 6) is 0.206. The Bertz CT molecular complexity index is 309. The summed E-state index contributed by atoms with van der Waals surface area (Å²) in [5.41, 5.74) is 0. The van der Waals surface area contributed by atoms with E-state index in [9.17, 15) is 8.42 Å². The lowest BCUT2D eigenvalue weighted by molar-refractivity contribution is 0.555. The first kappa shape index (κ1) is 14.3. The van der Waals surface area contributed by atoms with E-state index >= 15 is 0 Å². The number of rotatable bonds is 6. The third-order valence-electron chi connectivity index (χ3n) is 2.85. The maximum Gasteiger partial charge on any atom is 0.213 e. The summed E-state index contributed by atoms with van der Waals surface area (Å²) in [4.78, 5) is 0. The lowest BCUT2D eigenvalue weighted by Crippen LogP contribution is -2.41. The van der Waals surface area contributed by atoms with E-state index in [0.29, 0.717) is 6.54 Å². The third kappa shape index (κ3) is 5.03. The predicted molar refractivity (Wildman–Crippen MR) is 70.4 cm³/mol. The van der Waals surface area contributed by atoms with Crippen molar-refractivity contribution in [3.63, 3.8) is 0 Å². The van der Waals surface area contributed by atoms with E-state index in [2.05, 4.69) is 10.0 Å². The molecule has 4 nitrogen and oxygen atoms in total. The van der Waals surface area contributed by atoms with Gasteiger partial charge in [0.15, 0.2) is 0 Å². The highest BCUT2D eigenvalue weighted by molar-refractivity contribution is 8.00. The summed E-state index contributed by atoms with van der Waals surface area (Å²) in [6.07, 6.45) is 4.04. The highest BCUT2D eigenvalue weighted by Crippen LogP contribution is 2.20. The molecular formula is C10H22N2O2S2. The van der Waals surface area contributed by atoms with Gasteiger partial charge in [0, 0.05) is 17.3 Å². The predicted octanol–water partition coefficient (Wildman–Crippen LogP) is 0.799. The van der Waals surface area contributed by atoms with Crippen molar-refractivity contribution in [2.45, 2.75) is 37.5 Å². The fraction of sp³-hybridized carbons (Fsp3) is 1.00. The molecule has 0 aromatic rings. The Hall–Kier alpha value is 0.220. The number of sulfonamides is 1. The third-order valence-corrected chi connectivity index (χ3v) is 5.53. The standard InChI is InChI=1S/C10H22N2O2S2/c1-10(2,15-3)8-12-16(13,14)7-9-5-4-6-11-9/h9,11-12H,4-8H2,1-3H3. The Balaban J connectivity index is 2.39. The minimum Gasteiger partial charge on any atom is -0.313 e. The van der Waals surface area contributed by atoms with Crippen molar-refractivity contribution in [3.8, 4) is 0 Å². The second kappa shape index (κ2) is 5.71. The molecule has 1 fully saturated rings. The van der Waals surface area contributed by atoms with Crippen LogP contribution in [-0.4, -0.2) is 44.3 Å². The molecule has 0 aromatic carbocycles. The fourth-order valence-electron chi connectivity index (χ4n) is 1.58. The van der Waals surface area contributed by atoms with Gasteiger partial charge in [-0.15, -0.1) is 0 Å². The Morgan fingerprint density at radius 2 is 2.19 bits per heavy atom. The molecular weight excluding hydrogens is 244 g/mol. The molecule has 2 N–H and O–H groups in total. The van der Waals surface area contributed by atoms with Crippen molar-refractivity contribution >= 4 is 21.8 Å². The van der Waals surface area contributed by atoms with Gasteiger partial charge in [-0.2, -0.15) is 11.8 Å². The van der Waals surface area contributed by atoms with Crippen LogP contribution in [-0.2, 0) is 10.0 Å². The molecule has 0 amide bonds. The van der Waals surface area contributed by atoms with Crippen LogP contribution in [0.2, 0.25) is 0 Å². The van der Waals surface area contributed by atoms with Crippen LogP contribution in [0.5, 0.6) is 0 Å². The van der Waals surface area contributed by atoms with Crippen LogP contribution in [0.3, 0.4) is 0 Å². The Kier molecular flexibility index (Phi) is 5.10. The van der Waals surface area contributed by atoms with E-state index in [0.717, 1.165) is 19.4 Å². The van der Waals surface area contributed by atoms with Gasteiger partial charge in [0.05, 0.1) is 5.75 Å². The lowest BCUT2D eigenvalue weighted by atomic mass is 10.2. The van der Waals surface area contributed by atoms with Gasteiger partial charge in [-0.3, -0.25) is 0 Å². The molecule has 96 valence electrons. The normalized spacial score (nSPS) is 22.6. The maximum absolute atomic E-state index is 11.8. The molecule has 1 saturated heterocycles. The second-order valence-corrected chi connectivity index (χ2v) is 8.22. The smallest absolute Gasteiger partial charge is 0.213 e. The van der Waals surface area contributed by atoms with Gasteiger partial charge in [-0.1, -0.05) is 0 Å². The number of nitrogens with one attached hydrogen (secondary N) is 2. The molecule has 1 unspecified atom stereocenters. The van der Waals surface area contributed by atoms with E-state index < -0.39 is 10.0 Å². The number of hydrogen-bond acceptors (Lipinski definition) is 4. The summed E-state index contributed by atoms with van der Waals surface area (Å²) in [6.45, 7) is 5.50. The van der Waals surface area contributed by atoms with Crippen LogP contribution in [0.15, 0.2) is 0 Å². The molecule has 0 aromatic heterocycles. The molecule has 0 saturated carbocycles. The zero-order valence-corrected chi connectivity index (χ0v) is 11.9. The van der Waals surface area contributed by atoms with Crippen LogP contribution < -0.4 is 10.0 Å². The van der Waals surface area contributed by atoms with E-state index in [-0.39, 0.29) is 16.5 Å². The largest absolute Gasteiger partial charge is 0.313 e. The van der Waals surface area contributed by atoms with Crippen molar-refractivity contribution in [3.05, 3.63) is 0 Å². The van der Waals surface area contributed by atoms with Crippen LogP contribution >= 0.6 is 11.8 Å². The summed E-state index contributed by atoms with van der Waals surface area (Å²) in [7, 11) is -3.13. The molecule has 0 radical (unpaired) electrons. The highest BCUT2D eigenvalue weighted by Gasteiger charge is 2.24. The van der Waals surface area contributed by atoms with Gasteiger partial charge in [0.25, 0.3) is 0 Å². The molecule has 1 rings (SSSR count). The van der Waals surface area contributed by atoms with Crippen LogP contribution in [0, 0.1) is 0 Å². The Morgan fingerprint density at radius 3 is 2.69 bits per heavy atom. The zero-order valence-electron chi connectivity index (χ0n) is 10.2. The van der Waals surface area contributed by atoms with Gasteiger partial charge in [-0.25, -0.2) is 13.1 Å². The van der Waals surface area contributed by atoms with Gasteiger partial charge in [0.1, 0.15) is 0 Å². The van der Waals surface area contributed by atoms with Crippen molar-refractivity contribution in [1.29, 1.82) is 0 Å². The average Bonchev–Trinajstić information content (AvgIpc) is 2.67. The molecule has 6 heteroatoms. The first-order valence-electron chi connectivity index (χ1n) is 5.60. The molecule has 16 heavy (non-hydrogen) atoms. The van der Waals surface area contributed by atoms with Crippen molar-refractivity contribution in [2.75, 3.05) is 25.1 Å². The van der Waals surface area contributed by atoms with Crippen molar-refractivity contribution in [1.82, 2.24) is 10.0 Å². The van der Waals surface area contributed by atoms with Gasteiger partial charge in [0.2, 0.25) is 10.0 Å². The summed E-state index contributed by atoms with van der Waals surface area (Å²) in [5, 5.41) is 3.20. The summed E-state index contributed by atoms with van der Waals surface area (Å²) < 4.78 is 26.2. The number of hydrogen-bond donors (Lipinski definition) is 2. The Morgan fingerprint density at radius 1 is 1.50 bits per heavy atom. The molecule has 0 bridgehead atoms. The first-order chi connectivity index (χ1) is 7.35. The van der Waals surface area contributed by atoms with Crippen LogP contribution in [0.25, 0.3) is 0 Å². The minimum atomic E-state index is -3.13. The minimum absolute atomic E-state index is 0.0455. The lowest BCUT2D eigenvalue weighted by Gasteiger charge is -2.22. The van der Waals surface area contributed by atoms with Gasteiger partial charge in [-0.05, 0) is 39.5 Å². The monoisotopic (exact) mass is 266 g/mol. The first-order valence-corrected chi connectivity index (χ1v) is 8.48. The SMILES string of the molecule is CSC(C)(C)CNS(=O)(=O)CC1CCCN1. The quantitative estimate of drug-likeness (QED) is 0.746. The van der Waals surface area contributed by atoms with Gasteiger partial charge >= 0.3 is 0 Å². The van der Waals surface area contributed by atoms with Crippen LogP contribution in [0.1, 0.15) is 26.7 Å². The fourth-order valence-corrected chi connectivity index (χ4v) is 3.40. The summed E-state index contributed by atoms with van der Waals surface area (Å²) >= 11 is 1.67. The maximum atomic E-state index is 11.8. The van der Waals surface area contributed by atoms with Crippen molar-refractivity contribution < 1.29 is 8.42 Å². The molecule has 1 aliphatic heterocycles. The van der Waals surface area contributed by atoms with E-state index in [1.54, 1.807) is 11.8 Å². The van der Waals surface area contributed by atoms with E-state index in [1.807, 2.05) is 20.1 Å². The zero-order chi connectivity index (χ0) is 12.2. The topological polar surface area (TPSA) is 58.2 Å². The van der Waals surface area contributed by atoms with E-state index in [1.165, 1.54) is 0 Å². The molecule has 0 spiro atoms. The second-order valence-electron chi connectivity index (χ2n) is 4.86. The Labute approximate surface area is 103 Å². The van der Waals surface area contributed by atoms with Crippen molar-refractivity contribution in [2.24, 2.45) is 0 Å². The molecule has 1 atom stereocenters. The average molecular weight is 266 g/mol. The molecule has 1 aliphatic rings. The number of thioether (sulfide) groups is 1. The summed E-state index contributed by atoms with van der Waals surface area (Å²) in [6, 6.07) is 0.134. The van der Waals surface area contributed by atoms with Crippen LogP contribution in [0.4, 0.5) is 0 Å². The molecule has 0 aliphatic carbocycles.